The van der Waals surface area contributed by atoms with Crippen LogP contribution in [0.3, 0.4) is 0 Å². The Balaban J connectivity index is 1.42. The Bertz CT molecular complexity index is 834. The quantitative estimate of drug-likeness (QED) is 0.726. The maximum absolute atomic E-state index is 14.0. The molecule has 1 unspecified atom stereocenters. The van der Waals surface area contributed by atoms with Gasteiger partial charge in [-0.3, -0.25) is 4.79 Å². The van der Waals surface area contributed by atoms with E-state index in [0.29, 0.717) is 25.0 Å². The minimum Gasteiger partial charge on any atom is -0.376 e. The zero-order valence-corrected chi connectivity index (χ0v) is 19.3. The highest BCUT2D eigenvalue weighted by Gasteiger charge is 2.43. The third kappa shape index (κ3) is 5.97. The number of carbonyl (C=O) groups is 1. The first kappa shape index (κ1) is 23.0. The first-order valence-corrected chi connectivity index (χ1v) is 12.0. The molecule has 172 valence electrons. The average Bonchev–Trinajstić information content (AvgIpc) is 3.07. The fourth-order valence-electron chi connectivity index (χ4n) is 5.04. The van der Waals surface area contributed by atoms with Crippen molar-refractivity contribution in [1.82, 2.24) is 15.1 Å². The number of benzene rings is 2. The summed E-state index contributed by atoms with van der Waals surface area (Å²) in [5, 5.41) is 3.52. The van der Waals surface area contributed by atoms with Crippen molar-refractivity contribution in [2.24, 2.45) is 11.3 Å². The van der Waals surface area contributed by atoms with Gasteiger partial charge in [0.05, 0.1) is 18.6 Å². The molecule has 0 radical (unpaired) electrons. The fraction of sp³-hybridized carbons (Fsp3) is 0.519. The fourth-order valence-corrected chi connectivity index (χ4v) is 5.04. The normalized spacial score (nSPS) is 21.8. The lowest BCUT2D eigenvalue weighted by Gasteiger charge is -2.42. The third-order valence-electron chi connectivity index (χ3n) is 7.01. The summed E-state index contributed by atoms with van der Waals surface area (Å²) in [7, 11) is 2.16. The summed E-state index contributed by atoms with van der Waals surface area (Å²) in [5.74, 6) is 0.649. The Hall–Kier alpha value is -2.21. The van der Waals surface area contributed by atoms with Crippen LogP contribution in [-0.4, -0.2) is 68.6 Å². The topological polar surface area (TPSA) is 44.8 Å². The molecule has 0 aromatic heterocycles. The summed E-state index contributed by atoms with van der Waals surface area (Å²) >= 11 is 0. The van der Waals surface area contributed by atoms with Crippen LogP contribution in [0.1, 0.15) is 24.0 Å². The molecule has 2 saturated heterocycles. The van der Waals surface area contributed by atoms with Crippen molar-refractivity contribution in [1.29, 1.82) is 0 Å². The van der Waals surface area contributed by atoms with Gasteiger partial charge in [-0.05, 0) is 50.5 Å². The number of piperidine rings is 1. The Morgan fingerprint density at radius 3 is 2.34 bits per heavy atom. The van der Waals surface area contributed by atoms with E-state index in [9.17, 15) is 4.79 Å². The summed E-state index contributed by atoms with van der Waals surface area (Å²) in [6, 6.07) is 20.8. The highest BCUT2D eigenvalue weighted by molar-refractivity contribution is 5.83. The van der Waals surface area contributed by atoms with Gasteiger partial charge in [0.15, 0.2) is 0 Å². The molecule has 0 spiro atoms. The van der Waals surface area contributed by atoms with Gasteiger partial charge in [-0.15, -0.1) is 0 Å². The van der Waals surface area contributed by atoms with Gasteiger partial charge in [0.2, 0.25) is 5.91 Å². The molecule has 32 heavy (non-hydrogen) atoms. The van der Waals surface area contributed by atoms with Crippen LogP contribution in [0, 0.1) is 11.3 Å². The lowest BCUT2D eigenvalue weighted by atomic mass is 9.72. The molecule has 5 heteroatoms. The Labute approximate surface area is 192 Å². The molecule has 2 heterocycles. The molecule has 2 fully saturated rings. The number of likely N-dealkylation sites (tertiary alicyclic amines) is 1. The number of ether oxygens (including phenoxy) is 1. The highest BCUT2D eigenvalue weighted by Crippen LogP contribution is 2.37. The van der Waals surface area contributed by atoms with Gasteiger partial charge < -0.3 is 19.9 Å². The molecule has 0 saturated carbocycles. The van der Waals surface area contributed by atoms with E-state index in [1.807, 2.05) is 24.3 Å². The van der Waals surface area contributed by atoms with Crippen molar-refractivity contribution < 1.29 is 9.53 Å². The monoisotopic (exact) mass is 435 g/mol. The molecule has 0 aliphatic carbocycles. The van der Waals surface area contributed by atoms with E-state index in [1.54, 1.807) is 0 Å². The number of hydrogen-bond acceptors (Lipinski definition) is 4. The number of rotatable bonds is 7. The second kappa shape index (κ2) is 11.1. The van der Waals surface area contributed by atoms with E-state index in [4.69, 9.17) is 4.74 Å². The van der Waals surface area contributed by atoms with Gasteiger partial charge in [0.25, 0.3) is 0 Å². The maximum atomic E-state index is 14.0. The molecule has 0 bridgehead atoms. The maximum Gasteiger partial charge on any atom is 0.229 e. The molecule has 1 N–H and O–H groups in total. The van der Waals surface area contributed by atoms with Crippen LogP contribution in [0.15, 0.2) is 60.7 Å². The summed E-state index contributed by atoms with van der Waals surface area (Å²) in [5.41, 5.74) is 2.16. The third-order valence-corrected chi connectivity index (χ3v) is 7.01. The average molecular weight is 436 g/mol. The van der Waals surface area contributed by atoms with Crippen LogP contribution in [-0.2, 0) is 22.6 Å². The van der Waals surface area contributed by atoms with Crippen molar-refractivity contribution in [2.45, 2.75) is 25.9 Å². The van der Waals surface area contributed by atoms with E-state index in [0.717, 1.165) is 58.5 Å². The summed E-state index contributed by atoms with van der Waals surface area (Å²) in [6.07, 6.45) is 2.69. The van der Waals surface area contributed by atoms with Gasteiger partial charge in [-0.1, -0.05) is 60.7 Å². The first-order valence-electron chi connectivity index (χ1n) is 12.0. The predicted molar refractivity (Wildman–Crippen MR) is 128 cm³/mol. The Morgan fingerprint density at radius 2 is 1.66 bits per heavy atom. The van der Waals surface area contributed by atoms with Crippen molar-refractivity contribution in [3.05, 3.63) is 71.8 Å². The summed E-state index contributed by atoms with van der Waals surface area (Å²) in [4.78, 5) is 18.5. The van der Waals surface area contributed by atoms with Gasteiger partial charge in [0, 0.05) is 32.1 Å². The molecule has 2 aliphatic rings. The van der Waals surface area contributed by atoms with Gasteiger partial charge in [0.1, 0.15) is 0 Å². The molecular weight excluding hydrogens is 398 g/mol. The molecule has 4 rings (SSSR count). The lowest BCUT2D eigenvalue weighted by molar-refractivity contribution is -0.145. The second-order valence-electron chi connectivity index (χ2n) is 9.57. The van der Waals surface area contributed by atoms with Gasteiger partial charge >= 0.3 is 0 Å². The van der Waals surface area contributed by atoms with Crippen LogP contribution in [0.2, 0.25) is 0 Å². The minimum atomic E-state index is -0.298. The number of carbonyl (C=O) groups excluding carboxylic acids is 1. The smallest absolute Gasteiger partial charge is 0.229 e. The van der Waals surface area contributed by atoms with Crippen LogP contribution in [0.25, 0.3) is 0 Å². The lowest BCUT2D eigenvalue weighted by Crippen LogP contribution is -2.52. The molecule has 2 aliphatic heterocycles. The van der Waals surface area contributed by atoms with Crippen molar-refractivity contribution in [3.8, 4) is 0 Å². The number of nitrogens with zero attached hydrogens (tertiary/aromatic N) is 2. The molecule has 1 atom stereocenters. The van der Waals surface area contributed by atoms with Gasteiger partial charge in [-0.2, -0.15) is 0 Å². The van der Waals surface area contributed by atoms with E-state index in [2.05, 4.69) is 58.6 Å². The predicted octanol–water partition coefficient (Wildman–Crippen LogP) is 3.21. The largest absolute Gasteiger partial charge is 0.376 e. The number of amides is 1. The van der Waals surface area contributed by atoms with Crippen LogP contribution in [0.5, 0.6) is 0 Å². The standard InChI is InChI=1S/C27H37N3O2/c1-29-15-12-27(13-16-29,18-23-8-4-2-5-9-23)26(31)30-17-14-28-19-25(20-30)22-32-21-24-10-6-3-7-11-24/h2-11,25,28H,12-22H2,1H3. The van der Waals surface area contributed by atoms with Crippen LogP contribution >= 0.6 is 0 Å². The second-order valence-corrected chi connectivity index (χ2v) is 9.57. The van der Waals surface area contributed by atoms with Crippen LogP contribution in [0.4, 0.5) is 0 Å². The molecule has 1 amide bonds. The molecule has 2 aromatic carbocycles. The SMILES string of the molecule is CN1CCC(Cc2ccccc2)(C(=O)N2CCNCC(COCc3ccccc3)C2)CC1. The zero-order valence-electron chi connectivity index (χ0n) is 19.3. The van der Waals surface area contributed by atoms with Crippen LogP contribution < -0.4 is 5.32 Å². The molecular formula is C27H37N3O2. The van der Waals surface area contributed by atoms with Crippen molar-refractivity contribution in [2.75, 3.05) is 52.9 Å². The Morgan fingerprint density at radius 1 is 1.00 bits per heavy atom. The van der Waals surface area contributed by atoms with E-state index in [1.165, 1.54) is 11.1 Å². The van der Waals surface area contributed by atoms with E-state index in [-0.39, 0.29) is 5.41 Å². The summed E-state index contributed by atoms with van der Waals surface area (Å²) < 4.78 is 6.04. The van der Waals surface area contributed by atoms with E-state index < -0.39 is 0 Å². The van der Waals surface area contributed by atoms with E-state index >= 15 is 0 Å². The number of hydrogen-bond donors (Lipinski definition) is 1. The molecule has 2 aromatic rings. The Kier molecular flexibility index (Phi) is 7.95. The van der Waals surface area contributed by atoms with Gasteiger partial charge in [-0.25, -0.2) is 0 Å². The van der Waals surface area contributed by atoms with Crippen molar-refractivity contribution in [3.63, 3.8) is 0 Å². The first-order chi connectivity index (χ1) is 15.6. The molecule has 5 nitrogen and oxygen atoms in total. The summed E-state index contributed by atoms with van der Waals surface area (Å²) in [6.45, 7) is 6.54. The zero-order chi connectivity index (χ0) is 22.2. The highest BCUT2D eigenvalue weighted by atomic mass is 16.5. The van der Waals surface area contributed by atoms with Crippen molar-refractivity contribution >= 4 is 5.91 Å². The number of nitrogens with one attached hydrogen (secondary N) is 1. The minimum absolute atomic E-state index is 0.298.